The fourth-order valence-corrected chi connectivity index (χ4v) is 6.52. The summed E-state index contributed by atoms with van der Waals surface area (Å²) in [4.78, 5) is 30.8. The minimum Gasteiger partial charge on any atom is -0.481 e. The lowest BCUT2D eigenvalue weighted by atomic mass is 9.80. The van der Waals surface area contributed by atoms with Crippen molar-refractivity contribution in [2.45, 2.75) is 89.6 Å². The van der Waals surface area contributed by atoms with Crippen LogP contribution < -0.4 is 0 Å². The van der Waals surface area contributed by atoms with Gasteiger partial charge in [0.1, 0.15) is 5.82 Å². The number of fused-ring (bicyclic) bond motifs is 3. The number of aryl methyl sites for hydroxylation is 1. The predicted molar refractivity (Wildman–Crippen MR) is 130 cm³/mol. The van der Waals surface area contributed by atoms with E-state index in [2.05, 4.69) is 16.7 Å². The molecule has 0 radical (unpaired) electrons. The number of amides is 1. The number of benzene rings is 1. The Morgan fingerprint density at radius 2 is 1.94 bits per heavy atom. The van der Waals surface area contributed by atoms with Gasteiger partial charge < -0.3 is 19.3 Å². The van der Waals surface area contributed by atoms with Crippen LogP contribution in [0.4, 0.5) is 4.79 Å². The first-order chi connectivity index (χ1) is 16.5. The number of carboxylic acid groups (broad SMARTS) is 1. The maximum absolute atomic E-state index is 12.2. The third-order valence-corrected chi connectivity index (χ3v) is 8.45. The lowest BCUT2D eigenvalue weighted by Crippen LogP contribution is -2.35. The topological polar surface area (TPSA) is 84.7 Å². The van der Waals surface area contributed by atoms with E-state index < -0.39 is 5.97 Å². The lowest BCUT2D eigenvalue weighted by Gasteiger charge is -2.28. The highest BCUT2D eigenvalue weighted by molar-refractivity contribution is 5.82. The fraction of sp³-hybridized carbons (Fsp3) is 0.667. The minimum absolute atomic E-state index is 0.188. The Hall–Kier alpha value is -2.57. The smallest absolute Gasteiger partial charge is 0.409 e. The number of hydrogen-bond acceptors (Lipinski definition) is 4. The first-order valence-electron chi connectivity index (χ1n) is 13.1. The van der Waals surface area contributed by atoms with Gasteiger partial charge in [-0.1, -0.05) is 38.2 Å². The zero-order valence-corrected chi connectivity index (χ0v) is 20.3. The molecule has 2 heterocycles. The van der Waals surface area contributed by atoms with Crippen LogP contribution in [0.5, 0.6) is 0 Å². The van der Waals surface area contributed by atoms with Gasteiger partial charge in [-0.05, 0) is 56.1 Å². The summed E-state index contributed by atoms with van der Waals surface area (Å²) in [5.41, 5.74) is 4.65. The molecule has 5 rings (SSSR count). The standard InChI is InChI=1S/C27H37N3O4/c1-34-27(33)29-14-13-19-10-11-23-24(22(19)17-29)28-25(20-7-3-2-4-8-20)30(23)15-12-18-6-5-9-21(16-18)26(31)32/h10-11,18,20-21H,2-9,12-17H2,1H3,(H,31,32)/t18-,21+/m1/s1. The van der Waals surface area contributed by atoms with Crippen molar-refractivity contribution in [1.29, 1.82) is 0 Å². The average Bonchev–Trinajstić information content (AvgIpc) is 3.26. The molecule has 0 spiro atoms. The number of nitrogens with zero attached hydrogens (tertiary/aromatic N) is 3. The summed E-state index contributed by atoms with van der Waals surface area (Å²) in [6.07, 6.45) is 11.5. The van der Waals surface area contributed by atoms with Gasteiger partial charge in [0.2, 0.25) is 0 Å². The van der Waals surface area contributed by atoms with E-state index in [-0.39, 0.29) is 12.0 Å². The van der Waals surface area contributed by atoms with E-state index in [9.17, 15) is 14.7 Å². The summed E-state index contributed by atoms with van der Waals surface area (Å²) in [7, 11) is 1.44. The summed E-state index contributed by atoms with van der Waals surface area (Å²) in [5, 5.41) is 9.50. The van der Waals surface area contributed by atoms with Crippen LogP contribution >= 0.6 is 0 Å². The maximum atomic E-state index is 12.2. The number of ether oxygens (including phenoxy) is 1. The molecule has 1 aromatic carbocycles. The van der Waals surface area contributed by atoms with E-state index >= 15 is 0 Å². The fourth-order valence-electron chi connectivity index (χ4n) is 6.52. The van der Waals surface area contributed by atoms with E-state index in [1.807, 2.05) is 0 Å². The normalized spacial score (nSPS) is 23.6. The third kappa shape index (κ3) is 4.53. The molecule has 2 aliphatic carbocycles. The number of carboxylic acids is 1. The van der Waals surface area contributed by atoms with E-state index in [0.717, 1.165) is 61.7 Å². The van der Waals surface area contributed by atoms with Crippen LogP contribution in [0.25, 0.3) is 11.0 Å². The van der Waals surface area contributed by atoms with Gasteiger partial charge >= 0.3 is 12.1 Å². The zero-order valence-electron chi connectivity index (χ0n) is 20.3. The van der Waals surface area contributed by atoms with Gasteiger partial charge in [-0.3, -0.25) is 4.79 Å². The Morgan fingerprint density at radius 1 is 1.12 bits per heavy atom. The minimum atomic E-state index is -0.637. The van der Waals surface area contributed by atoms with Gasteiger partial charge in [0.05, 0.1) is 30.6 Å². The number of aliphatic carboxylic acids is 1. The van der Waals surface area contributed by atoms with Crippen LogP contribution in [0.1, 0.15) is 87.1 Å². The molecule has 0 saturated heterocycles. The van der Waals surface area contributed by atoms with Crippen molar-refractivity contribution in [2.24, 2.45) is 11.8 Å². The summed E-state index contributed by atoms with van der Waals surface area (Å²) in [6, 6.07) is 4.44. The van der Waals surface area contributed by atoms with Crippen molar-refractivity contribution in [3.05, 3.63) is 29.1 Å². The molecule has 184 valence electrons. The molecule has 2 saturated carbocycles. The predicted octanol–water partition coefficient (Wildman–Crippen LogP) is 5.49. The number of imidazole rings is 1. The summed E-state index contributed by atoms with van der Waals surface area (Å²) in [6.45, 7) is 2.11. The molecule has 2 atom stereocenters. The first-order valence-corrected chi connectivity index (χ1v) is 13.1. The SMILES string of the molecule is COC(=O)N1CCc2ccc3c(nc(C4CCCCC4)n3CC[C@H]3CCC[C@H](C(=O)O)C3)c2C1. The number of aromatic nitrogens is 2. The largest absolute Gasteiger partial charge is 0.481 e. The number of carbonyl (C=O) groups excluding carboxylic acids is 1. The van der Waals surface area contributed by atoms with E-state index in [1.165, 1.54) is 50.6 Å². The molecule has 1 aliphatic heterocycles. The summed E-state index contributed by atoms with van der Waals surface area (Å²) < 4.78 is 7.43. The van der Waals surface area contributed by atoms with Gasteiger partial charge in [0, 0.05) is 24.6 Å². The Kier molecular flexibility index (Phi) is 6.79. The molecule has 0 bridgehead atoms. The van der Waals surface area contributed by atoms with Crippen molar-refractivity contribution in [3.63, 3.8) is 0 Å². The molecule has 3 aliphatic rings. The maximum Gasteiger partial charge on any atom is 0.409 e. The molecule has 1 N–H and O–H groups in total. The molecule has 7 nitrogen and oxygen atoms in total. The molecular formula is C27H37N3O4. The van der Waals surface area contributed by atoms with Crippen molar-refractivity contribution in [2.75, 3.05) is 13.7 Å². The lowest BCUT2D eigenvalue weighted by molar-refractivity contribution is -0.143. The highest BCUT2D eigenvalue weighted by atomic mass is 16.5. The van der Waals surface area contributed by atoms with Crippen LogP contribution in [0.3, 0.4) is 0 Å². The van der Waals surface area contributed by atoms with Gasteiger partial charge in [-0.25, -0.2) is 9.78 Å². The number of rotatable bonds is 5. The monoisotopic (exact) mass is 467 g/mol. The van der Waals surface area contributed by atoms with Crippen LogP contribution in [0.2, 0.25) is 0 Å². The molecule has 0 unspecified atom stereocenters. The first kappa shape index (κ1) is 23.2. The van der Waals surface area contributed by atoms with Crippen molar-refractivity contribution in [1.82, 2.24) is 14.5 Å². The van der Waals surface area contributed by atoms with E-state index in [0.29, 0.717) is 24.9 Å². The quantitative estimate of drug-likeness (QED) is 0.629. The number of carbonyl (C=O) groups is 2. The molecule has 2 aromatic rings. The van der Waals surface area contributed by atoms with Gasteiger partial charge in [0.25, 0.3) is 0 Å². The Labute approximate surface area is 201 Å². The molecule has 2 fully saturated rings. The van der Waals surface area contributed by atoms with E-state index in [4.69, 9.17) is 9.72 Å². The summed E-state index contributed by atoms with van der Waals surface area (Å²) in [5.74, 6) is 1.31. The second-order valence-electron chi connectivity index (χ2n) is 10.5. The highest BCUT2D eigenvalue weighted by Crippen LogP contribution is 2.38. The second-order valence-corrected chi connectivity index (χ2v) is 10.5. The van der Waals surface area contributed by atoms with E-state index in [1.54, 1.807) is 4.90 Å². The van der Waals surface area contributed by atoms with Crippen LogP contribution in [0.15, 0.2) is 12.1 Å². The molecular weight excluding hydrogens is 430 g/mol. The number of hydrogen-bond donors (Lipinski definition) is 1. The Balaban J connectivity index is 1.47. The highest BCUT2D eigenvalue weighted by Gasteiger charge is 2.30. The van der Waals surface area contributed by atoms with Crippen molar-refractivity contribution in [3.8, 4) is 0 Å². The molecule has 1 amide bonds. The number of methoxy groups -OCH3 is 1. The average molecular weight is 468 g/mol. The van der Waals surface area contributed by atoms with Gasteiger partial charge in [0.15, 0.2) is 0 Å². The van der Waals surface area contributed by atoms with Crippen molar-refractivity contribution >= 4 is 23.1 Å². The van der Waals surface area contributed by atoms with Gasteiger partial charge in [-0.2, -0.15) is 0 Å². The van der Waals surface area contributed by atoms with Crippen LogP contribution in [-0.2, 0) is 29.0 Å². The van der Waals surface area contributed by atoms with Crippen LogP contribution in [-0.4, -0.2) is 45.3 Å². The Bertz CT molecular complexity index is 1060. The third-order valence-electron chi connectivity index (χ3n) is 8.45. The second kappa shape index (κ2) is 9.96. The molecule has 1 aromatic heterocycles. The summed E-state index contributed by atoms with van der Waals surface area (Å²) >= 11 is 0. The molecule has 34 heavy (non-hydrogen) atoms. The zero-order chi connectivity index (χ0) is 23.7. The molecule has 7 heteroatoms. The van der Waals surface area contributed by atoms with Crippen LogP contribution in [0, 0.1) is 11.8 Å². The Morgan fingerprint density at radius 3 is 2.71 bits per heavy atom. The van der Waals surface area contributed by atoms with Gasteiger partial charge in [-0.15, -0.1) is 0 Å². The van der Waals surface area contributed by atoms with Crippen molar-refractivity contribution < 1.29 is 19.4 Å².